The molecule has 0 atom stereocenters. The Balaban J connectivity index is 1.71. The molecule has 33 heavy (non-hydrogen) atoms. The van der Waals surface area contributed by atoms with E-state index in [2.05, 4.69) is 39.2 Å². The molecule has 0 unspecified atom stereocenters. The molecule has 0 saturated heterocycles. The number of nitrogens with one attached hydrogen (secondary N) is 2. The maximum atomic E-state index is 11.9. The van der Waals surface area contributed by atoms with Crippen LogP contribution < -0.4 is 10.6 Å². The van der Waals surface area contributed by atoms with Crippen LogP contribution in [0, 0.1) is 0 Å². The van der Waals surface area contributed by atoms with E-state index in [0.717, 1.165) is 34.6 Å². The van der Waals surface area contributed by atoms with Gasteiger partial charge in [0.1, 0.15) is 0 Å². The molecular formula is C26H27N5O2. The number of benzene rings is 2. The first-order valence-electron chi connectivity index (χ1n) is 10.8. The fraction of sp³-hybridized carbons (Fsp3) is 0.192. The van der Waals surface area contributed by atoms with E-state index in [9.17, 15) is 4.79 Å². The summed E-state index contributed by atoms with van der Waals surface area (Å²) in [5.41, 5.74) is 5.39. The van der Waals surface area contributed by atoms with E-state index < -0.39 is 0 Å². The number of carbonyl (C=O) groups is 1. The Kier molecular flexibility index (Phi) is 7.24. The van der Waals surface area contributed by atoms with Gasteiger partial charge in [0, 0.05) is 36.2 Å². The minimum atomic E-state index is -0.262. The number of likely N-dealkylation sites (N-methyl/N-ethyl adjacent to an activating group) is 1. The quantitative estimate of drug-likeness (QED) is 0.449. The first kappa shape index (κ1) is 22.4. The lowest BCUT2D eigenvalue weighted by Crippen LogP contribution is -2.18. The number of nitrogens with zero attached hydrogens (tertiary/aromatic N) is 3. The van der Waals surface area contributed by atoms with E-state index in [1.54, 1.807) is 6.20 Å². The van der Waals surface area contributed by atoms with Crippen molar-refractivity contribution < 1.29 is 9.53 Å². The summed E-state index contributed by atoms with van der Waals surface area (Å²) in [4.78, 5) is 23.1. The summed E-state index contributed by atoms with van der Waals surface area (Å²) in [6.07, 6.45) is 7.12. The Morgan fingerprint density at radius 3 is 2.97 bits per heavy atom. The van der Waals surface area contributed by atoms with E-state index >= 15 is 0 Å². The average Bonchev–Trinajstić information content (AvgIpc) is 2.81. The van der Waals surface area contributed by atoms with Crippen molar-refractivity contribution in [2.75, 3.05) is 30.8 Å². The lowest BCUT2D eigenvalue weighted by Gasteiger charge is -2.17. The largest absolute Gasteiger partial charge is 0.373 e. The van der Waals surface area contributed by atoms with Gasteiger partial charge in [0.05, 0.1) is 18.9 Å². The molecule has 6 bridgehead atoms. The summed E-state index contributed by atoms with van der Waals surface area (Å²) in [5, 5.41) is 6.13. The van der Waals surface area contributed by atoms with Crippen molar-refractivity contribution in [1.82, 2.24) is 14.9 Å². The van der Waals surface area contributed by atoms with Crippen LogP contribution in [-0.4, -0.2) is 41.0 Å². The van der Waals surface area contributed by atoms with Crippen LogP contribution >= 0.6 is 0 Å². The van der Waals surface area contributed by atoms with Crippen LogP contribution in [0.5, 0.6) is 0 Å². The zero-order valence-electron chi connectivity index (χ0n) is 18.6. The van der Waals surface area contributed by atoms with E-state index in [1.807, 2.05) is 55.6 Å². The number of hydrogen-bond acceptors (Lipinski definition) is 6. The smallest absolute Gasteiger partial charge is 0.247 e. The van der Waals surface area contributed by atoms with Gasteiger partial charge in [-0.1, -0.05) is 36.9 Å². The first-order chi connectivity index (χ1) is 16.1. The number of hydrogen-bond donors (Lipinski definition) is 2. The molecule has 168 valence electrons. The fourth-order valence-electron chi connectivity index (χ4n) is 3.59. The molecule has 1 aliphatic heterocycles. The summed E-state index contributed by atoms with van der Waals surface area (Å²) < 4.78 is 5.81. The average molecular weight is 442 g/mol. The summed E-state index contributed by atoms with van der Waals surface area (Å²) in [6, 6.07) is 15.9. The molecule has 2 heterocycles. The predicted octanol–water partition coefficient (Wildman–Crippen LogP) is 4.53. The van der Waals surface area contributed by atoms with Gasteiger partial charge in [0.15, 0.2) is 0 Å². The van der Waals surface area contributed by atoms with Gasteiger partial charge in [-0.3, -0.25) is 9.69 Å². The van der Waals surface area contributed by atoms with Gasteiger partial charge < -0.3 is 15.4 Å². The van der Waals surface area contributed by atoms with Crippen molar-refractivity contribution in [2.24, 2.45) is 0 Å². The second-order valence-corrected chi connectivity index (χ2v) is 7.89. The molecule has 1 amide bonds. The summed E-state index contributed by atoms with van der Waals surface area (Å²) >= 11 is 0. The van der Waals surface area contributed by atoms with Gasteiger partial charge >= 0.3 is 0 Å². The highest BCUT2D eigenvalue weighted by Gasteiger charge is 2.09. The van der Waals surface area contributed by atoms with Crippen LogP contribution in [0.15, 0.2) is 79.5 Å². The van der Waals surface area contributed by atoms with Gasteiger partial charge in [0.2, 0.25) is 11.9 Å². The Morgan fingerprint density at radius 2 is 2.09 bits per heavy atom. The van der Waals surface area contributed by atoms with Gasteiger partial charge in [-0.2, -0.15) is 0 Å². The zero-order valence-corrected chi connectivity index (χ0v) is 18.6. The molecule has 1 aliphatic rings. The van der Waals surface area contributed by atoms with Crippen LogP contribution in [0.4, 0.5) is 17.3 Å². The molecule has 2 N–H and O–H groups in total. The number of ether oxygens (including phenoxy) is 1. The normalized spacial score (nSPS) is 15.4. The molecule has 7 nitrogen and oxygen atoms in total. The highest BCUT2D eigenvalue weighted by molar-refractivity contribution is 5.99. The molecule has 0 aliphatic carbocycles. The second-order valence-electron chi connectivity index (χ2n) is 7.89. The van der Waals surface area contributed by atoms with Crippen LogP contribution in [0.2, 0.25) is 0 Å². The summed E-state index contributed by atoms with van der Waals surface area (Å²) in [7, 11) is 2.05. The molecule has 0 saturated carbocycles. The minimum absolute atomic E-state index is 0.262. The van der Waals surface area contributed by atoms with E-state index in [4.69, 9.17) is 9.72 Å². The van der Waals surface area contributed by atoms with Crippen molar-refractivity contribution in [2.45, 2.75) is 13.2 Å². The van der Waals surface area contributed by atoms with Crippen molar-refractivity contribution in [3.05, 3.63) is 90.7 Å². The molecular weight excluding hydrogens is 414 g/mol. The Bertz CT molecular complexity index is 1170. The fourth-order valence-corrected chi connectivity index (χ4v) is 3.59. The Morgan fingerprint density at radius 1 is 1.18 bits per heavy atom. The van der Waals surface area contributed by atoms with Gasteiger partial charge in [0.25, 0.3) is 0 Å². The zero-order chi connectivity index (χ0) is 23.0. The third-order valence-corrected chi connectivity index (χ3v) is 5.10. The summed E-state index contributed by atoms with van der Waals surface area (Å²) in [5.74, 6) is 0.215. The number of carbonyl (C=O) groups excluding carboxylic acids is 1. The number of fused-ring (bicyclic) bond motifs is 7. The van der Waals surface area contributed by atoms with Crippen molar-refractivity contribution in [3.8, 4) is 11.3 Å². The van der Waals surface area contributed by atoms with Crippen molar-refractivity contribution >= 4 is 23.2 Å². The number of rotatable bonds is 2. The van der Waals surface area contributed by atoms with Crippen LogP contribution in [0.1, 0.15) is 11.1 Å². The van der Waals surface area contributed by atoms with Crippen molar-refractivity contribution in [3.63, 3.8) is 0 Å². The second kappa shape index (κ2) is 10.7. The SMILES string of the molecule is C=CC(=O)Nc1cc2cc(c1)Nc1nccc(n1)-c1cccc(c1)COC/C=C/CN(C)C2. The number of aromatic nitrogens is 2. The van der Waals surface area contributed by atoms with E-state index in [0.29, 0.717) is 31.4 Å². The molecule has 7 heteroatoms. The predicted molar refractivity (Wildman–Crippen MR) is 131 cm³/mol. The molecule has 2 aromatic carbocycles. The maximum absolute atomic E-state index is 11.9. The Labute approximate surface area is 193 Å². The highest BCUT2D eigenvalue weighted by Crippen LogP contribution is 2.25. The van der Waals surface area contributed by atoms with Gasteiger partial charge in [-0.25, -0.2) is 9.97 Å². The lowest BCUT2D eigenvalue weighted by molar-refractivity contribution is -0.111. The molecule has 1 aromatic heterocycles. The monoisotopic (exact) mass is 441 g/mol. The summed E-state index contributed by atoms with van der Waals surface area (Å²) in [6.45, 7) is 6.09. The van der Waals surface area contributed by atoms with Gasteiger partial charge in [-0.05, 0) is 54.6 Å². The molecule has 0 spiro atoms. The standard InChI is InChI=1S/C26H27N5O2/c1-3-25(32)28-22-14-20-15-23(16-22)29-26-27-10-9-24(30-26)21-8-6-7-19(13-21)18-33-12-5-4-11-31(2)17-20/h3-10,13-16H,1,11-12,17-18H2,2H3,(H,28,32)(H,27,29,30)/b5-4+. The number of amides is 1. The highest BCUT2D eigenvalue weighted by atomic mass is 16.5. The van der Waals surface area contributed by atoms with Crippen LogP contribution in [0.3, 0.4) is 0 Å². The Hall–Kier alpha value is -3.81. The van der Waals surface area contributed by atoms with Gasteiger partial charge in [-0.15, -0.1) is 0 Å². The third-order valence-electron chi connectivity index (χ3n) is 5.10. The maximum Gasteiger partial charge on any atom is 0.247 e. The number of anilines is 3. The topological polar surface area (TPSA) is 79.4 Å². The van der Waals surface area contributed by atoms with E-state index in [-0.39, 0.29) is 5.91 Å². The first-order valence-corrected chi connectivity index (χ1v) is 10.8. The molecule has 0 fully saturated rings. The van der Waals surface area contributed by atoms with E-state index in [1.165, 1.54) is 6.08 Å². The third kappa shape index (κ3) is 6.35. The van der Waals surface area contributed by atoms with Crippen LogP contribution in [0.25, 0.3) is 11.3 Å². The van der Waals surface area contributed by atoms with Crippen LogP contribution in [-0.2, 0) is 22.7 Å². The lowest BCUT2D eigenvalue weighted by atomic mass is 10.1. The molecule has 4 rings (SSSR count). The minimum Gasteiger partial charge on any atom is -0.373 e. The molecule has 0 radical (unpaired) electrons. The molecule has 3 aromatic rings. The van der Waals surface area contributed by atoms with Crippen molar-refractivity contribution in [1.29, 1.82) is 0 Å².